The van der Waals surface area contributed by atoms with Crippen LogP contribution in [0.2, 0.25) is 0 Å². The summed E-state index contributed by atoms with van der Waals surface area (Å²) in [5, 5.41) is 11.4. The molecule has 1 aliphatic carbocycles. The van der Waals surface area contributed by atoms with Gasteiger partial charge in [0.2, 0.25) is 5.91 Å². The molecule has 0 saturated heterocycles. The maximum absolute atomic E-state index is 11.5. The van der Waals surface area contributed by atoms with Crippen molar-refractivity contribution in [2.24, 2.45) is 11.8 Å². The molecule has 0 spiro atoms. The van der Waals surface area contributed by atoms with Gasteiger partial charge in [-0.1, -0.05) is 26.7 Å². The van der Waals surface area contributed by atoms with Gasteiger partial charge in [-0.25, -0.2) is 0 Å². The Balaban J connectivity index is 2.35. The van der Waals surface area contributed by atoms with Crippen molar-refractivity contribution in [2.75, 3.05) is 0 Å². The molecule has 3 atom stereocenters. The molecule has 0 unspecified atom stereocenters. The fourth-order valence-corrected chi connectivity index (χ4v) is 2.29. The largest absolute Gasteiger partial charge is 0.481 e. The smallest absolute Gasteiger partial charge is 0.303 e. The Morgan fingerprint density at radius 1 is 1.25 bits per heavy atom. The molecule has 4 nitrogen and oxygen atoms in total. The minimum atomic E-state index is -0.916. The summed E-state index contributed by atoms with van der Waals surface area (Å²) in [5.41, 5.74) is 0. The third-order valence-corrected chi connectivity index (χ3v) is 3.62. The van der Waals surface area contributed by atoms with E-state index in [0.29, 0.717) is 11.8 Å². The summed E-state index contributed by atoms with van der Waals surface area (Å²) in [7, 11) is 0. The number of rotatable bonds is 4. The molecular formula is C12H21NO3. The number of hydrogen-bond donors (Lipinski definition) is 2. The van der Waals surface area contributed by atoms with E-state index in [1.807, 2.05) is 0 Å². The number of aliphatic carboxylic acids is 1. The fourth-order valence-electron chi connectivity index (χ4n) is 2.29. The van der Waals surface area contributed by atoms with Crippen molar-refractivity contribution in [1.29, 1.82) is 0 Å². The van der Waals surface area contributed by atoms with Gasteiger partial charge in [-0.3, -0.25) is 9.59 Å². The van der Waals surface area contributed by atoms with Gasteiger partial charge in [0.15, 0.2) is 0 Å². The first-order chi connectivity index (χ1) is 7.50. The highest BCUT2D eigenvalue weighted by Crippen LogP contribution is 2.29. The van der Waals surface area contributed by atoms with Crippen molar-refractivity contribution in [3.8, 4) is 0 Å². The molecule has 16 heavy (non-hydrogen) atoms. The maximum atomic E-state index is 11.5. The van der Waals surface area contributed by atoms with E-state index in [4.69, 9.17) is 5.11 Å². The molecule has 0 radical (unpaired) electrons. The van der Waals surface area contributed by atoms with E-state index in [1.165, 1.54) is 6.42 Å². The van der Waals surface area contributed by atoms with Crippen LogP contribution in [0, 0.1) is 11.8 Å². The molecule has 0 aromatic carbocycles. The average Bonchev–Trinajstić information content (AvgIpc) is 2.22. The lowest BCUT2D eigenvalue weighted by Crippen LogP contribution is -2.43. The molecule has 4 heteroatoms. The van der Waals surface area contributed by atoms with Gasteiger partial charge in [0.1, 0.15) is 0 Å². The number of carbonyl (C=O) groups excluding carboxylic acids is 1. The number of nitrogens with one attached hydrogen (secondary N) is 1. The lowest BCUT2D eigenvalue weighted by molar-refractivity contribution is -0.139. The molecule has 0 bridgehead atoms. The van der Waals surface area contributed by atoms with E-state index in [-0.39, 0.29) is 24.8 Å². The highest BCUT2D eigenvalue weighted by molar-refractivity contribution is 5.80. The van der Waals surface area contributed by atoms with Crippen molar-refractivity contribution in [1.82, 2.24) is 5.32 Å². The molecule has 1 rings (SSSR count). The summed E-state index contributed by atoms with van der Waals surface area (Å²) in [6.07, 6.45) is 3.40. The first-order valence-corrected chi connectivity index (χ1v) is 6.02. The highest BCUT2D eigenvalue weighted by Gasteiger charge is 2.27. The van der Waals surface area contributed by atoms with Crippen LogP contribution in [0.3, 0.4) is 0 Å². The summed E-state index contributed by atoms with van der Waals surface area (Å²) < 4.78 is 0. The first kappa shape index (κ1) is 13.0. The molecule has 0 heterocycles. The number of carboxylic acids is 1. The quantitative estimate of drug-likeness (QED) is 0.769. The lowest BCUT2D eigenvalue weighted by atomic mass is 9.78. The molecule has 1 amide bonds. The molecule has 1 fully saturated rings. The summed E-state index contributed by atoms with van der Waals surface area (Å²) in [4.78, 5) is 21.8. The maximum Gasteiger partial charge on any atom is 0.303 e. The Kier molecular flexibility index (Phi) is 4.77. The van der Waals surface area contributed by atoms with Crippen LogP contribution in [0.5, 0.6) is 0 Å². The number of carboxylic acid groups (broad SMARTS) is 1. The van der Waals surface area contributed by atoms with Crippen molar-refractivity contribution in [2.45, 2.75) is 52.0 Å². The SMILES string of the molecule is C[C@@H]1[C@@H](C)CCC[C@H]1NC(=O)CCC(=O)O. The summed E-state index contributed by atoms with van der Waals surface area (Å²) >= 11 is 0. The van der Waals surface area contributed by atoms with Crippen molar-refractivity contribution < 1.29 is 14.7 Å². The van der Waals surface area contributed by atoms with Gasteiger partial charge in [-0.05, 0) is 18.3 Å². The van der Waals surface area contributed by atoms with Gasteiger partial charge in [0, 0.05) is 12.5 Å². The van der Waals surface area contributed by atoms with Crippen LogP contribution in [-0.4, -0.2) is 23.0 Å². The zero-order chi connectivity index (χ0) is 12.1. The van der Waals surface area contributed by atoms with E-state index in [9.17, 15) is 9.59 Å². The van der Waals surface area contributed by atoms with E-state index in [1.54, 1.807) is 0 Å². The second-order valence-corrected chi connectivity index (χ2v) is 4.84. The minimum Gasteiger partial charge on any atom is -0.481 e. The van der Waals surface area contributed by atoms with Crippen molar-refractivity contribution in [3.05, 3.63) is 0 Å². The van der Waals surface area contributed by atoms with Gasteiger partial charge in [-0.15, -0.1) is 0 Å². The van der Waals surface area contributed by atoms with Crippen LogP contribution in [0.4, 0.5) is 0 Å². The van der Waals surface area contributed by atoms with Gasteiger partial charge in [0.05, 0.1) is 6.42 Å². The third-order valence-electron chi connectivity index (χ3n) is 3.62. The molecule has 0 aromatic heterocycles. The Bertz CT molecular complexity index is 265. The van der Waals surface area contributed by atoms with Crippen LogP contribution >= 0.6 is 0 Å². The van der Waals surface area contributed by atoms with Gasteiger partial charge >= 0.3 is 5.97 Å². The molecule has 0 aromatic rings. The summed E-state index contributed by atoms with van der Waals surface area (Å²) in [6.45, 7) is 4.37. The van der Waals surface area contributed by atoms with Crippen LogP contribution in [0.25, 0.3) is 0 Å². The van der Waals surface area contributed by atoms with Crippen LogP contribution in [0.15, 0.2) is 0 Å². The molecule has 92 valence electrons. The average molecular weight is 227 g/mol. The lowest BCUT2D eigenvalue weighted by Gasteiger charge is -2.34. The second-order valence-electron chi connectivity index (χ2n) is 4.84. The zero-order valence-corrected chi connectivity index (χ0v) is 10.0. The van der Waals surface area contributed by atoms with Gasteiger partial charge < -0.3 is 10.4 Å². The van der Waals surface area contributed by atoms with Gasteiger partial charge in [0.25, 0.3) is 0 Å². The highest BCUT2D eigenvalue weighted by atomic mass is 16.4. The topological polar surface area (TPSA) is 66.4 Å². The normalized spacial score (nSPS) is 29.8. The molecule has 1 saturated carbocycles. The third kappa shape index (κ3) is 3.83. The minimum absolute atomic E-state index is 0.0809. The van der Waals surface area contributed by atoms with Gasteiger partial charge in [-0.2, -0.15) is 0 Å². The van der Waals surface area contributed by atoms with Crippen molar-refractivity contribution >= 4 is 11.9 Å². The van der Waals surface area contributed by atoms with E-state index in [2.05, 4.69) is 19.2 Å². The predicted octanol–water partition coefficient (Wildman–Crippen LogP) is 1.79. The van der Waals surface area contributed by atoms with Crippen LogP contribution < -0.4 is 5.32 Å². The summed E-state index contributed by atoms with van der Waals surface area (Å²) in [6, 6.07) is 0.227. The standard InChI is InChI=1S/C12H21NO3/c1-8-4-3-5-10(9(8)2)13-11(14)6-7-12(15)16/h8-10H,3-7H2,1-2H3,(H,13,14)(H,15,16)/t8-,9+,10+/m0/s1. The zero-order valence-electron chi connectivity index (χ0n) is 10.0. The summed E-state index contributed by atoms with van der Waals surface area (Å²) in [5.74, 6) is 0.0783. The molecule has 1 aliphatic rings. The molecular weight excluding hydrogens is 206 g/mol. The van der Waals surface area contributed by atoms with Crippen LogP contribution in [0.1, 0.15) is 46.0 Å². The number of amides is 1. The number of carbonyl (C=O) groups is 2. The molecule has 2 N–H and O–H groups in total. The van der Waals surface area contributed by atoms with E-state index in [0.717, 1.165) is 12.8 Å². The van der Waals surface area contributed by atoms with E-state index >= 15 is 0 Å². The van der Waals surface area contributed by atoms with Crippen molar-refractivity contribution in [3.63, 3.8) is 0 Å². The predicted molar refractivity (Wildman–Crippen MR) is 61.0 cm³/mol. The van der Waals surface area contributed by atoms with E-state index < -0.39 is 5.97 Å². The Labute approximate surface area is 96.4 Å². The Morgan fingerprint density at radius 2 is 1.94 bits per heavy atom. The fraction of sp³-hybridized carbons (Fsp3) is 0.833. The van der Waals surface area contributed by atoms with Crippen LogP contribution in [-0.2, 0) is 9.59 Å². The Morgan fingerprint density at radius 3 is 2.56 bits per heavy atom. The Hall–Kier alpha value is -1.06. The molecule has 0 aliphatic heterocycles. The monoisotopic (exact) mass is 227 g/mol. The number of hydrogen-bond acceptors (Lipinski definition) is 2. The second kappa shape index (κ2) is 5.87. The first-order valence-electron chi connectivity index (χ1n) is 6.02.